The average molecular weight is 439 g/mol. The minimum Gasteiger partial charge on any atom is -0.490 e. The van der Waals surface area contributed by atoms with Gasteiger partial charge in [0, 0.05) is 23.0 Å². The monoisotopic (exact) mass is 438 g/mol. The van der Waals surface area contributed by atoms with Gasteiger partial charge in [-0.2, -0.15) is 0 Å². The Balaban J connectivity index is 1.57. The molecule has 0 atom stereocenters. The minimum absolute atomic E-state index is 0.648. The van der Waals surface area contributed by atoms with Gasteiger partial charge in [0.05, 0.1) is 17.9 Å². The van der Waals surface area contributed by atoms with Crippen LogP contribution >= 0.6 is 0 Å². The van der Waals surface area contributed by atoms with Crippen LogP contribution in [0.4, 0.5) is 11.4 Å². The molecule has 0 spiro atoms. The Morgan fingerprint density at radius 3 is 1.94 bits per heavy atom. The van der Waals surface area contributed by atoms with Gasteiger partial charge in [0.2, 0.25) is 0 Å². The van der Waals surface area contributed by atoms with Gasteiger partial charge in [-0.1, -0.05) is 72.8 Å². The fraction of sp³-hybridized carbons (Fsp3) is 0.0645. The Bertz CT molecular complexity index is 1540. The normalized spacial score (nSPS) is 13.2. The number of hydrogen-bond donors (Lipinski definition) is 0. The molecule has 0 radical (unpaired) electrons. The molecule has 0 amide bonds. The highest BCUT2D eigenvalue weighted by Gasteiger charge is 2.27. The summed E-state index contributed by atoms with van der Waals surface area (Å²) in [5, 5.41) is 0. The molecule has 3 heteroatoms. The second-order valence-corrected chi connectivity index (χ2v) is 8.69. The molecule has 2 heterocycles. The van der Waals surface area contributed by atoms with Crippen molar-refractivity contribution in [1.29, 1.82) is 0 Å². The Hall–Kier alpha value is -4.37. The number of fused-ring (bicyclic) bond motifs is 9. The van der Waals surface area contributed by atoms with Crippen molar-refractivity contribution in [3.8, 4) is 50.4 Å². The maximum Gasteiger partial charge on any atom is 0.143 e. The van der Waals surface area contributed by atoms with Crippen molar-refractivity contribution in [3.63, 3.8) is 0 Å². The van der Waals surface area contributed by atoms with Gasteiger partial charge in [-0.3, -0.25) is 4.98 Å². The van der Waals surface area contributed by atoms with Crippen LogP contribution in [0.25, 0.3) is 44.6 Å². The number of aromatic nitrogens is 1. The molecule has 4 aromatic carbocycles. The quantitative estimate of drug-likeness (QED) is 0.264. The number of anilines is 2. The van der Waals surface area contributed by atoms with Crippen LogP contribution in [0.1, 0.15) is 0 Å². The molecule has 0 unspecified atom stereocenters. The molecular weight excluding hydrogens is 416 g/mol. The summed E-state index contributed by atoms with van der Waals surface area (Å²) in [6.45, 7) is 1.46. The van der Waals surface area contributed by atoms with Gasteiger partial charge in [-0.15, -0.1) is 0 Å². The molecule has 5 aromatic rings. The van der Waals surface area contributed by atoms with E-state index >= 15 is 0 Å². The number of benzene rings is 4. The number of nitrogens with zero attached hydrogens (tertiary/aromatic N) is 2. The zero-order chi connectivity index (χ0) is 22.5. The maximum atomic E-state index is 6.22. The van der Waals surface area contributed by atoms with E-state index in [1.165, 1.54) is 33.5 Å². The number of ether oxygens (including phenoxy) is 1. The summed E-state index contributed by atoms with van der Waals surface area (Å²) >= 11 is 0. The van der Waals surface area contributed by atoms with E-state index in [4.69, 9.17) is 9.72 Å². The van der Waals surface area contributed by atoms with Gasteiger partial charge in [0.15, 0.2) is 0 Å². The van der Waals surface area contributed by atoms with Crippen molar-refractivity contribution >= 4 is 11.4 Å². The highest BCUT2D eigenvalue weighted by atomic mass is 16.5. The Labute approximate surface area is 198 Å². The molecule has 7 rings (SSSR count). The van der Waals surface area contributed by atoms with Gasteiger partial charge in [-0.25, -0.2) is 0 Å². The van der Waals surface area contributed by atoms with Crippen LogP contribution in [0.2, 0.25) is 0 Å². The molecule has 2 aliphatic rings. The zero-order valence-electron chi connectivity index (χ0n) is 18.6. The molecule has 34 heavy (non-hydrogen) atoms. The first kappa shape index (κ1) is 19.1. The lowest BCUT2D eigenvalue weighted by atomic mass is 9.82. The SMILES string of the molecule is c1ccc(N2CCOc3cc4c(cc32)-c2ccccc2-c2ccccc2-c2cccnc2-4)cc1. The molecule has 162 valence electrons. The summed E-state index contributed by atoms with van der Waals surface area (Å²) in [5.41, 5.74) is 11.6. The van der Waals surface area contributed by atoms with Crippen molar-refractivity contribution in [1.82, 2.24) is 4.98 Å². The fourth-order valence-electron chi connectivity index (χ4n) is 5.30. The summed E-state index contributed by atoms with van der Waals surface area (Å²) in [6, 6.07) is 36.6. The molecular formula is C31H22N2O. The van der Waals surface area contributed by atoms with Gasteiger partial charge < -0.3 is 9.64 Å². The lowest BCUT2D eigenvalue weighted by Gasteiger charge is -2.33. The van der Waals surface area contributed by atoms with Crippen LogP contribution in [-0.2, 0) is 0 Å². The van der Waals surface area contributed by atoms with Gasteiger partial charge in [0.25, 0.3) is 0 Å². The van der Waals surface area contributed by atoms with Crippen LogP contribution in [0.3, 0.4) is 0 Å². The molecule has 0 bridgehead atoms. The summed E-state index contributed by atoms with van der Waals surface area (Å²) in [7, 11) is 0. The smallest absolute Gasteiger partial charge is 0.143 e. The third-order valence-electron chi connectivity index (χ3n) is 6.82. The molecule has 0 fully saturated rings. The van der Waals surface area contributed by atoms with Crippen LogP contribution < -0.4 is 9.64 Å². The Morgan fingerprint density at radius 2 is 1.21 bits per heavy atom. The molecule has 1 aromatic heterocycles. The lowest BCUT2D eigenvalue weighted by molar-refractivity contribution is 0.314. The predicted molar refractivity (Wildman–Crippen MR) is 138 cm³/mol. The third kappa shape index (κ3) is 2.87. The molecule has 1 aliphatic carbocycles. The third-order valence-corrected chi connectivity index (χ3v) is 6.82. The average Bonchev–Trinajstić information content (AvgIpc) is 2.92. The van der Waals surface area contributed by atoms with Crippen molar-refractivity contribution in [2.45, 2.75) is 0 Å². The highest BCUT2D eigenvalue weighted by molar-refractivity contribution is 6.03. The number of hydrogen-bond acceptors (Lipinski definition) is 3. The summed E-state index contributed by atoms with van der Waals surface area (Å²) < 4.78 is 6.22. The standard InChI is InChI=1S/C31H22N2O/c1-2-9-21(10-3-1)33-17-18-34-30-20-28-27(19-29(30)33)25-14-7-5-12-23(25)22-11-4-6-13-24(22)26-15-8-16-32-31(26)28/h1-16,19-20H,17-18H2. The van der Waals surface area contributed by atoms with Crippen molar-refractivity contribution in [3.05, 3.63) is 109 Å². The van der Waals surface area contributed by atoms with E-state index in [1.807, 2.05) is 12.3 Å². The van der Waals surface area contributed by atoms with E-state index < -0.39 is 0 Å². The summed E-state index contributed by atoms with van der Waals surface area (Å²) in [5.74, 6) is 0.900. The topological polar surface area (TPSA) is 25.4 Å². The van der Waals surface area contributed by atoms with Crippen LogP contribution in [0.15, 0.2) is 109 Å². The first-order chi connectivity index (χ1) is 16.9. The fourth-order valence-corrected chi connectivity index (χ4v) is 5.30. The van der Waals surface area contributed by atoms with Crippen LogP contribution in [0, 0.1) is 0 Å². The molecule has 3 nitrogen and oxygen atoms in total. The number of pyridine rings is 1. The second kappa shape index (κ2) is 7.60. The maximum absolute atomic E-state index is 6.22. The number of rotatable bonds is 1. The van der Waals surface area contributed by atoms with Crippen molar-refractivity contribution < 1.29 is 4.74 Å². The Morgan fingerprint density at radius 1 is 0.588 bits per heavy atom. The first-order valence-electron chi connectivity index (χ1n) is 11.7. The zero-order valence-corrected chi connectivity index (χ0v) is 18.6. The highest BCUT2D eigenvalue weighted by Crippen LogP contribution is 2.50. The number of para-hydroxylation sites is 1. The van der Waals surface area contributed by atoms with E-state index in [2.05, 4.69) is 102 Å². The van der Waals surface area contributed by atoms with Crippen LogP contribution in [0.5, 0.6) is 5.75 Å². The molecule has 0 saturated heterocycles. The molecule has 1 aliphatic heterocycles. The predicted octanol–water partition coefficient (Wildman–Crippen LogP) is 7.59. The second-order valence-electron chi connectivity index (χ2n) is 8.69. The van der Waals surface area contributed by atoms with Crippen molar-refractivity contribution in [2.75, 3.05) is 18.1 Å². The van der Waals surface area contributed by atoms with E-state index in [-0.39, 0.29) is 0 Å². The first-order valence-corrected chi connectivity index (χ1v) is 11.7. The van der Waals surface area contributed by atoms with E-state index in [1.54, 1.807) is 0 Å². The van der Waals surface area contributed by atoms with E-state index in [0.717, 1.165) is 34.8 Å². The lowest BCUT2D eigenvalue weighted by Crippen LogP contribution is -2.28. The van der Waals surface area contributed by atoms with Crippen LogP contribution in [-0.4, -0.2) is 18.1 Å². The van der Waals surface area contributed by atoms with Gasteiger partial charge in [-0.05, 0) is 58.1 Å². The Kier molecular flexibility index (Phi) is 4.28. The molecule has 0 N–H and O–H groups in total. The largest absolute Gasteiger partial charge is 0.490 e. The van der Waals surface area contributed by atoms with E-state index in [9.17, 15) is 0 Å². The summed E-state index contributed by atoms with van der Waals surface area (Å²) in [4.78, 5) is 7.25. The van der Waals surface area contributed by atoms with Crippen molar-refractivity contribution in [2.24, 2.45) is 0 Å². The summed E-state index contributed by atoms with van der Waals surface area (Å²) in [6.07, 6.45) is 1.88. The molecule has 0 saturated carbocycles. The van der Waals surface area contributed by atoms with Gasteiger partial charge in [0.1, 0.15) is 12.4 Å². The minimum atomic E-state index is 0.648. The van der Waals surface area contributed by atoms with E-state index in [0.29, 0.717) is 6.61 Å². The van der Waals surface area contributed by atoms with Gasteiger partial charge >= 0.3 is 0 Å².